The van der Waals surface area contributed by atoms with Crippen molar-refractivity contribution >= 4 is 0 Å². The lowest BCUT2D eigenvalue weighted by atomic mass is 10.0. The van der Waals surface area contributed by atoms with E-state index in [-0.39, 0.29) is 5.54 Å². The Morgan fingerprint density at radius 1 is 1.22 bits per heavy atom. The maximum Gasteiger partial charge on any atom is 0.150 e. The number of aryl methyl sites for hydroxylation is 2. The summed E-state index contributed by atoms with van der Waals surface area (Å²) in [7, 11) is 0. The Balaban J connectivity index is 2.71. The van der Waals surface area contributed by atoms with E-state index < -0.39 is 0 Å². The minimum Gasteiger partial charge on any atom is -0.310 e. The van der Waals surface area contributed by atoms with E-state index in [1.807, 2.05) is 0 Å². The molecule has 0 aromatic carbocycles. The molecular formula is C14H28N4. The second-order valence-electron chi connectivity index (χ2n) is 5.56. The van der Waals surface area contributed by atoms with E-state index >= 15 is 0 Å². The molecule has 18 heavy (non-hydrogen) atoms. The Hall–Kier alpha value is -0.900. The van der Waals surface area contributed by atoms with Crippen molar-refractivity contribution in [1.29, 1.82) is 0 Å². The first-order valence-corrected chi connectivity index (χ1v) is 7.12. The van der Waals surface area contributed by atoms with Crippen molar-refractivity contribution in [1.82, 2.24) is 20.1 Å². The first-order valence-electron chi connectivity index (χ1n) is 7.12. The van der Waals surface area contributed by atoms with Gasteiger partial charge < -0.3 is 5.32 Å². The van der Waals surface area contributed by atoms with E-state index in [4.69, 9.17) is 0 Å². The lowest BCUT2D eigenvalue weighted by Crippen LogP contribution is -2.41. The number of rotatable bonds is 7. The highest BCUT2D eigenvalue weighted by Gasteiger charge is 2.18. The topological polar surface area (TPSA) is 42.7 Å². The molecule has 1 aromatic heterocycles. The van der Waals surface area contributed by atoms with Gasteiger partial charge in [-0.2, -0.15) is 5.10 Å². The molecule has 1 aromatic rings. The summed E-state index contributed by atoms with van der Waals surface area (Å²) < 4.78 is 2.08. The molecule has 0 aliphatic heterocycles. The summed E-state index contributed by atoms with van der Waals surface area (Å²) in [4.78, 5) is 4.56. The summed E-state index contributed by atoms with van der Waals surface area (Å²) >= 11 is 0. The van der Waals surface area contributed by atoms with Crippen LogP contribution in [0.1, 0.15) is 65.7 Å². The average molecular weight is 252 g/mol. The highest BCUT2D eigenvalue weighted by Crippen LogP contribution is 2.12. The summed E-state index contributed by atoms with van der Waals surface area (Å²) in [5.74, 6) is 2.05. The minimum absolute atomic E-state index is 0.189. The van der Waals surface area contributed by atoms with Crippen molar-refractivity contribution in [2.45, 2.75) is 72.4 Å². The first kappa shape index (κ1) is 15.2. The lowest BCUT2D eigenvalue weighted by molar-refractivity contribution is 0.331. The fraction of sp³-hybridized carbons (Fsp3) is 0.857. The van der Waals surface area contributed by atoms with Gasteiger partial charge in [-0.05, 0) is 27.2 Å². The van der Waals surface area contributed by atoms with Gasteiger partial charge in [0.15, 0.2) is 5.82 Å². The first-order chi connectivity index (χ1) is 8.43. The molecule has 0 radical (unpaired) electrons. The van der Waals surface area contributed by atoms with Crippen LogP contribution in [0.5, 0.6) is 0 Å². The second-order valence-corrected chi connectivity index (χ2v) is 5.56. The quantitative estimate of drug-likeness (QED) is 0.811. The third-order valence-corrected chi connectivity index (χ3v) is 3.56. The van der Waals surface area contributed by atoms with E-state index in [0.717, 1.165) is 37.5 Å². The molecule has 1 unspecified atom stereocenters. The van der Waals surface area contributed by atoms with Gasteiger partial charge in [-0.25, -0.2) is 9.67 Å². The van der Waals surface area contributed by atoms with Crippen LogP contribution in [0.25, 0.3) is 0 Å². The second kappa shape index (κ2) is 6.32. The average Bonchev–Trinajstić information content (AvgIpc) is 2.79. The van der Waals surface area contributed by atoms with E-state index in [2.05, 4.69) is 61.6 Å². The van der Waals surface area contributed by atoms with Crippen molar-refractivity contribution in [3.05, 3.63) is 11.6 Å². The molecule has 1 N–H and O–H groups in total. The molecule has 4 nitrogen and oxygen atoms in total. The van der Waals surface area contributed by atoms with Gasteiger partial charge in [0.1, 0.15) is 5.82 Å². The molecule has 0 saturated heterocycles. The molecule has 0 amide bonds. The Morgan fingerprint density at radius 3 is 2.39 bits per heavy atom. The van der Waals surface area contributed by atoms with Gasteiger partial charge in [-0.3, -0.25) is 0 Å². The summed E-state index contributed by atoms with van der Waals surface area (Å²) in [5, 5.41) is 8.19. The summed E-state index contributed by atoms with van der Waals surface area (Å²) in [6.07, 6.45) is 2.97. The van der Waals surface area contributed by atoms with E-state index in [1.165, 1.54) is 0 Å². The molecule has 104 valence electrons. The van der Waals surface area contributed by atoms with Crippen LogP contribution in [0.15, 0.2) is 0 Å². The van der Waals surface area contributed by atoms with Crippen LogP contribution in [0.2, 0.25) is 0 Å². The molecule has 1 rings (SSSR count). The number of nitrogens with zero attached hydrogens (tertiary/aromatic N) is 3. The van der Waals surface area contributed by atoms with Crippen molar-refractivity contribution in [3.63, 3.8) is 0 Å². The van der Waals surface area contributed by atoms with Gasteiger partial charge in [-0.15, -0.1) is 0 Å². The fourth-order valence-corrected chi connectivity index (χ4v) is 1.78. The van der Waals surface area contributed by atoms with Crippen molar-refractivity contribution in [2.75, 3.05) is 6.54 Å². The van der Waals surface area contributed by atoms with Crippen molar-refractivity contribution in [3.8, 4) is 0 Å². The van der Waals surface area contributed by atoms with Crippen molar-refractivity contribution in [2.24, 2.45) is 0 Å². The Kier molecular flexibility index (Phi) is 5.32. The largest absolute Gasteiger partial charge is 0.310 e. The molecule has 0 saturated carbocycles. The SMILES string of the molecule is CCc1nc(CC)n(C(C)CNC(C)(C)CC)n1. The van der Waals surface area contributed by atoms with Gasteiger partial charge in [-0.1, -0.05) is 20.8 Å². The summed E-state index contributed by atoms with van der Waals surface area (Å²) in [6, 6.07) is 0.346. The monoisotopic (exact) mass is 252 g/mol. The maximum atomic E-state index is 4.59. The Morgan fingerprint density at radius 2 is 1.89 bits per heavy atom. The van der Waals surface area contributed by atoms with Gasteiger partial charge in [0, 0.05) is 24.9 Å². The fourth-order valence-electron chi connectivity index (χ4n) is 1.78. The van der Waals surface area contributed by atoms with E-state index in [0.29, 0.717) is 6.04 Å². The van der Waals surface area contributed by atoms with E-state index in [9.17, 15) is 0 Å². The standard InChI is InChI=1S/C14H28N4/c1-7-12-16-13(8-2)18(17-12)11(4)10-15-14(5,6)9-3/h11,15H,7-10H2,1-6H3. The number of aromatic nitrogens is 3. The van der Waals surface area contributed by atoms with Gasteiger partial charge in [0.2, 0.25) is 0 Å². The highest BCUT2D eigenvalue weighted by molar-refractivity contribution is 4.95. The molecular weight excluding hydrogens is 224 g/mol. The summed E-state index contributed by atoms with van der Waals surface area (Å²) in [5.41, 5.74) is 0.189. The van der Waals surface area contributed by atoms with Crippen LogP contribution in [0, 0.1) is 0 Å². The molecule has 1 heterocycles. The summed E-state index contributed by atoms with van der Waals surface area (Å²) in [6.45, 7) is 14.0. The number of hydrogen-bond donors (Lipinski definition) is 1. The zero-order valence-corrected chi connectivity index (χ0v) is 12.7. The normalized spacial score (nSPS) is 13.9. The van der Waals surface area contributed by atoms with Gasteiger partial charge in [0.25, 0.3) is 0 Å². The molecule has 0 bridgehead atoms. The predicted octanol–water partition coefficient (Wildman–Crippen LogP) is 2.74. The Bertz CT molecular complexity index is 368. The molecule has 0 aliphatic carbocycles. The Labute approximate surface area is 111 Å². The maximum absolute atomic E-state index is 4.59. The minimum atomic E-state index is 0.189. The van der Waals surface area contributed by atoms with E-state index in [1.54, 1.807) is 0 Å². The number of nitrogens with one attached hydrogen (secondary N) is 1. The zero-order valence-electron chi connectivity index (χ0n) is 12.7. The predicted molar refractivity (Wildman–Crippen MR) is 75.9 cm³/mol. The lowest BCUT2D eigenvalue weighted by Gasteiger charge is -2.27. The highest BCUT2D eigenvalue weighted by atomic mass is 15.4. The van der Waals surface area contributed by atoms with Crippen LogP contribution < -0.4 is 5.32 Å². The van der Waals surface area contributed by atoms with Crippen LogP contribution in [-0.4, -0.2) is 26.8 Å². The molecule has 1 atom stereocenters. The van der Waals surface area contributed by atoms with Crippen LogP contribution in [0.3, 0.4) is 0 Å². The van der Waals surface area contributed by atoms with Crippen LogP contribution in [0.4, 0.5) is 0 Å². The van der Waals surface area contributed by atoms with Gasteiger partial charge in [0.05, 0.1) is 6.04 Å². The molecule has 0 aliphatic rings. The van der Waals surface area contributed by atoms with Gasteiger partial charge >= 0.3 is 0 Å². The van der Waals surface area contributed by atoms with Crippen molar-refractivity contribution < 1.29 is 0 Å². The van der Waals surface area contributed by atoms with Crippen LogP contribution >= 0.6 is 0 Å². The third kappa shape index (κ3) is 3.80. The third-order valence-electron chi connectivity index (χ3n) is 3.56. The zero-order chi connectivity index (χ0) is 13.8. The molecule has 0 fully saturated rings. The molecule has 4 heteroatoms. The number of hydrogen-bond acceptors (Lipinski definition) is 3. The molecule has 0 spiro atoms. The smallest absolute Gasteiger partial charge is 0.150 e. The van der Waals surface area contributed by atoms with Crippen LogP contribution in [-0.2, 0) is 12.8 Å².